The van der Waals surface area contributed by atoms with Gasteiger partial charge in [-0.1, -0.05) is 78.3 Å². The van der Waals surface area contributed by atoms with Gasteiger partial charge in [-0.2, -0.15) is 0 Å². The zero-order valence-electron chi connectivity index (χ0n) is 19.9. The maximum absolute atomic E-state index is 12.9. The number of carbonyl (C=O) groups is 1. The third-order valence-electron chi connectivity index (χ3n) is 6.22. The van der Waals surface area contributed by atoms with Crippen LogP contribution < -0.4 is 10.6 Å². The molecule has 5 aromatic carbocycles. The average molecular weight is 534 g/mol. The van der Waals surface area contributed by atoms with E-state index in [1.54, 1.807) is 18.2 Å². The summed E-state index contributed by atoms with van der Waals surface area (Å²) >= 11 is 11.7. The number of amides is 1. The molecule has 0 fully saturated rings. The summed E-state index contributed by atoms with van der Waals surface area (Å²) in [5.74, 6) is 0.210. The van der Waals surface area contributed by atoms with E-state index < -0.39 is 0 Å². The number of fused-ring (bicyclic) bond motifs is 2. The lowest BCUT2D eigenvalue weighted by Crippen LogP contribution is -2.34. The lowest BCUT2D eigenvalue weighted by Gasteiger charge is -2.11. The van der Waals surface area contributed by atoms with Crippen LogP contribution in [0, 0.1) is 0 Å². The van der Waals surface area contributed by atoms with Crippen LogP contribution in [0.1, 0.15) is 10.4 Å². The molecule has 6 rings (SSSR count). The Labute approximate surface area is 229 Å². The minimum absolute atomic E-state index is 0.175. The molecule has 1 aromatic heterocycles. The van der Waals surface area contributed by atoms with Crippen molar-refractivity contribution >= 4 is 62.4 Å². The second-order valence-electron chi connectivity index (χ2n) is 8.69. The van der Waals surface area contributed by atoms with E-state index in [0.29, 0.717) is 33.3 Å². The Morgan fingerprint density at radius 3 is 2.29 bits per heavy atom. The first-order valence-corrected chi connectivity index (χ1v) is 12.7. The SMILES string of the molecule is O=C(NC(=S)Nc1ccc2oc(-c3ccc(-c4ccccc4)cc3)nc2c1)c1cccc2c(Cl)cccc12. The van der Waals surface area contributed by atoms with Gasteiger partial charge in [0.05, 0.1) is 0 Å². The van der Waals surface area contributed by atoms with Crippen molar-refractivity contribution in [2.24, 2.45) is 0 Å². The summed E-state index contributed by atoms with van der Waals surface area (Å²) < 4.78 is 5.98. The van der Waals surface area contributed by atoms with Gasteiger partial charge in [-0.25, -0.2) is 4.98 Å². The van der Waals surface area contributed by atoms with Gasteiger partial charge in [-0.15, -0.1) is 0 Å². The standard InChI is InChI=1S/C31H20ClN3O2S/c32-26-11-5-8-23-24(26)9-4-10-25(23)29(36)35-31(38)33-22-16-17-28-27(18-22)34-30(37-28)21-14-12-20(13-15-21)19-6-2-1-3-7-19/h1-18H,(H2,33,35,36,38). The minimum atomic E-state index is -0.320. The maximum atomic E-state index is 12.9. The molecule has 0 atom stereocenters. The Bertz CT molecular complexity index is 1820. The number of anilines is 1. The molecule has 0 radical (unpaired) electrons. The lowest BCUT2D eigenvalue weighted by molar-refractivity contribution is 0.0979. The average Bonchev–Trinajstić information content (AvgIpc) is 3.37. The fraction of sp³-hybridized carbons (Fsp3) is 0. The highest BCUT2D eigenvalue weighted by molar-refractivity contribution is 7.80. The molecule has 6 aromatic rings. The summed E-state index contributed by atoms with van der Waals surface area (Å²) in [4.78, 5) is 17.6. The summed E-state index contributed by atoms with van der Waals surface area (Å²) in [6, 6.07) is 34.7. The first-order chi connectivity index (χ1) is 18.5. The van der Waals surface area contributed by atoms with Crippen molar-refractivity contribution in [2.45, 2.75) is 0 Å². The van der Waals surface area contributed by atoms with Crippen molar-refractivity contribution in [2.75, 3.05) is 5.32 Å². The molecule has 0 bridgehead atoms. The zero-order chi connectivity index (χ0) is 26.1. The molecule has 0 aliphatic heterocycles. The van der Waals surface area contributed by atoms with Gasteiger partial charge in [0, 0.05) is 27.2 Å². The first kappa shape index (κ1) is 23.9. The number of hydrogen-bond donors (Lipinski definition) is 2. The number of oxazole rings is 1. The van der Waals surface area contributed by atoms with Crippen LogP contribution in [0.2, 0.25) is 5.02 Å². The third-order valence-corrected chi connectivity index (χ3v) is 6.76. The number of nitrogens with one attached hydrogen (secondary N) is 2. The van der Waals surface area contributed by atoms with E-state index in [1.807, 2.05) is 66.7 Å². The van der Waals surface area contributed by atoms with Gasteiger partial charge >= 0.3 is 0 Å². The third kappa shape index (κ3) is 4.75. The second kappa shape index (κ2) is 10.1. The molecule has 0 spiro atoms. The van der Waals surface area contributed by atoms with Gasteiger partial charge in [-0.05, 0) is 71.2 Å². The van der Waals surface area contributed by atoms with E-state index >= 15 is 0 Å². The predicted octanol–water partition coefficient (Wildman–Crippen LogP) is 8.10. The van der Waals surface area contributed by atoms with E-state index in [-0.39, 0.29) is 11.0 Å². The van der Waals surface area contributed by atoms with Crippen molar-refractivity contribution in [1.82, 2.24) is 10.3 Å². The highest BCUT2D eigenvalue weighted by Crippen LogP contribution is 2.29. The summed E-state index contributed by atoms with van der Waals surface area (Å²) in [7, 11) is 0. The monoisotopic (exact) mass is 533 g/mol. The number of halogens is 1. The quantitative estimate of drug-likeness (QED) is 0.224. The van der Waals surface area contributed by atoms with E-state index in [0.717, 1.165) is 27.5 Å². The summed E-state index contributed by atoms with van der Waals surface area (Å²) in [5, 5.41) is 8.14. The van der Waals surface area contributed by atoms with Crippen LogP contribution >= 0.6 is 23.8 Å². The largest absolute Gasteiger partial charge is 0.436 e. The van der Waals surface area contributed by atoms with Crippen LogP contribution in [0.3, 0.4) is 0 Å². The molecule has 1 amide bonds. The Morgan fingerprint density at radius 1 is 0.763 bits per heavy atom. The number of benzene rings is 5. The molecular formula is C31H20ClN3O2S. The smallest absolute Gasteiger partial charge is 0.258 e. The van der Waals surface area contributed by atoms with Crippen molar-refractivity contribution < 1.29 is 9.21 Å². The number of aromatic nitrogens is 1. The molecule has 7 heteroatoms. The van der Waals surface area contributed by atoms with Gasteiger partial charge in [-0.3, -0.25) is 10.1 Å². The summed E-state index contributed by atoms with van der Waals surface area (Å²) in [5.41, 5.74) is 5.66. The molecule has 184 valence electrons. The summed E-state index contributed by atoms with van der Waals surface area (Å²) in [6.07, 6.45) is 0. The molecule has 38 heavy (non-hydrogen) atoms. The molecule has 0 aliphatic rings. The highest BCUT2D eigenvalue weighted by atomic mass is 35.5. The van der Waals surface area contributed by atoms with Crippen LogP contribution in [-0.4, -0.2) is 16.0 Å². The van der Waals surface area contributed by atoms with Gasteiger partial charge in [0.2, 0.25) is 5.89 Å². The van der Waals surface area contributed by atoms with Crippen molar-refractivity contribution in [3.05, 3.63) is 120 Å². The maximum Gasteiger partial charge on any atom is 0.258 e. The van der Waals surface area contributed by atoms with Crippen LogP contribution in [0.15, 0.2) is 114 Å². The van der Waals surface area contributed by atoms with Crippen LogP contribution in [0.25, 0.3) is 44.5 Å². The van der Waals surface area contributed by atoms with Gasteiger partial charge in [0.15, 0.2) is 10.7 Å². The van der Waals surface area contributed by atoms with Crippen molar-refractivity contribution in [1.29, 1.82) is 0 Å². The number of nitrogens with zero attached hydrogens (tertiary/aromatic N) is 1. The van der Waals surface area contributed by atoms with Crippen molar-refractivity contribution in [3.63, 3.8) is 0 Å². The molecule has 5 nitrogen and oxygen atoms in total. The van der Waals surface area contributed by atoms with Crippen LogP contribution in [0.4, 0.5) is 5.69 Å². The number of rotatable bonds is 4. The fourth-order valence-corrected chi connectivity index (χ4v) is 4.82. The summed E-state index contributed by atoms with van der Waals surface area (Å²) in [6.45, 7) is 0. The van der Waals surface area contributed by atoms with E-state index in [1.165, 1.54) is 0 Å². The van der Waals surface area contributed by atoms with Crippen LogP contribution in [0.5, 0.6) is 0 Å². The van der Waals surface area contributed by atoms with Gasteiger partial charge in [0.1, 0.15) is 5.52 Å². The molecule has 2 N–H and O–H groups in total. The Hall–Kier alpha value is -4.52. The highest BCUT2D eigenvalue weighted by Gasteiger charge is 2.14. The molecule has 0 unspecified atom stereocenters. The molecule has 0 saturated carbocycles. The second-order valence-corrected chi connectivity index (χ2v) is 9.51. The lowest BCUT2D eigenvalue weighted by atomic mass is 10.0. The Balaban J connectivity index is 1.17. The molecule has 0 aliphatic carbocycles. The Morgan fingerprint density at radius 2 is 1.47 bits per heavy atom. The zero-order valence-corrected chi connectivity index (χ0v) is 21.5. The number of hydrogen-bond acceptors (Lipinski definition) is 4. The predicted molar refractivity (Wildman–Crippen MR) is 158 cm³/mol. The normalized spacial score (nSPS) is 11.0. The van der Waals surface area contributed by atoms with Gasteiger partial charge < -0.3 is 9.73 Å². The molecular weight excluding hydrogens is 514 g/mol. The molecule has 0 saturated heterocycles. The Kier molecular flexibility index (Phi) is 6.33. The minimum Gasteiger partial charge on any atom is -0.436 e. The van der Waals surface area contributed by atoms with Gasteiger partial charge in [0.25, 0.3) is 5.91 Å². The number of thiocarbonyl (C=S) groups is 1. The van der Waals surface area contributed by atoms with E-state index in [9.17, 15) is 4.79 Å². The van der Waals surface area contributed by atoms with Crippen molar-refractivity contribution in [3.8, 4) is 22.6 Å². The van der Waals surface area contributed by atoms with E-state index in [4.69, 9.17) is 28.2 Å². The first-order valence-electron chi connectivity index (χ1n) is 11.9. The number of carbonyl (C=O) groups excluding carboxylic acids is 1. The van der Waals surface area contributed by atoms with Crippen LogP contribution in [-0.2, 0) is 0 Å². The van der Waals surface area contributed by atoms with E-state index in [2.05, 4.69) is 39.9 Å². The topological polar surface area (TPSA) is 67.2 Å². The fourth-order valence-electron chi connectivity index (χ4n) is 4.37. The molecule has 1 heterocycles.